The van der Waals surface area contributed by atoms with Gasteiger partial charge in [-0.3, -0.25) is 4.79 Å². The third kappa shape index (κ3) is 5.58. The molecule has 3 heterocycles. The summed E-state index contributed by atoms with van der Waals surface area (Å²) in [7, 11) is 0. The SMILES string of the molecule is Cc1ccc(NC(=O)NCC2CCCN(C(=O)c3cccnc3N3CCCCC3)C2)cc1. The van der Waals surface area contributed by atoms with E-state index in [0.29, 0.717) is 18.7 Å². The Morgan fingerprint density at radius 1 is 1.03 bits per heavy atom. The number of carbonyl (C=O) groups is 2. The third-order valence-electron chi connectivity index (χ3n) is 6.34. The van der Waals surface area contributed by atoms with Gasteiger partial charge in [0.15, 0.2) is 0 Å². The molecule has 0 radical (unpaired) electrons. The Bertz CT molecular complexity index is 924. The zero-order valence-electron chi connectivity index (χ0n) is 18.8. The average molecular weight is 436 g/mol. The summed E-state index contributed by atoms with van der Waals surface area (Å²) in [5, 5.41) is 5.84. The number of carbonyl (C=O) groups excluding carboxylic acids is 2. The first kappa shape index (κ1) is 22.1. The topological polar surface area (TPSA) is 77.6 Å². The van der Waals surface area contributed by atoms with Gasteiger partial charge in [0, 0.05) is 44.6 Å². The van der Waals surface area contributed by atoms with E-state index in [9.17, 15) is 9.59 Å². The molecule has 2 aliphatic rings. The van der Waals surface area contributed by atoms with Crippen molar-refractivity contribution in [1.82, 2.24) is 15.2 Å². The molecule has 7 heteroatoms. The van der Waals surface area contributed by atoms with Crippen molar-refractivity contribution in [3.05, 3.63) is 53.7 Å². The molecular formula is C25H33N5O2. The van der Waals surface area contributed by atoms with Crippen LogP contribution in [-0.2, 0) is 0 Å². The van der Waals surface area contributed by atoms with Crippen molar-refractivity contribution >= 4 is 23.4 Å². The normalized spacial score (nSPS) is 18.8. The van der Waals surface area contributed by atoms with E-state index in [1.807, 2.05) is 48.2 Å². The van der Waals surface area contributed by atoms with Crippen molar-refractivity contribution in [2.24, 2.45) is 5.92 Å². The van der Waals surface area contributed by atoms with Crippen LogP contribution in [0, 0.1) is 12.8 Å². The van der Waals surface area contributed by atoms with Crippen molar-refractivity contribution in [3.63, 3.8) is 0 Å². The molecule has 170 valence electrons. The fourth-order valence-corrected chi connectivity index (χ4v) is 4.56. The fraction of sp³-hybridized carbons (Fsp3) is 0.480. The highest BCUT2D eigenvalue weighted by atomic mass is 16.2. The number of aromatic nitrogens is 1. The summed E-state index contributed by atoms with van der Waals surface area (Å²) in [6.45, 7) is 5.88. The lowest BCUT2D eigenvalue weighted by Crippen LogP contribution is -2.45. The average Bonchev–Trinajstić information content (AvgIpc) is 2.84. The molecule has 0 saturated carbocycles. The highest BCUT2D eigenvalue weighted by Gasteiger charge is 2.28. The van der Waals surface area contributed by atoms with Crippen LogP contribution in [0.1, 0.15) is 48.0 Å². The molecule has 2 aliphatic heterocycles. The Hall–Kier alpha value is -3.09. The summed E-state index contributed by atoms with van der Waals surface area (Å²) in [5.74, 6) is 1.11. The van der Waals surface area contributed by atoms with Crippen molar-refractivity contribution in [3.8, 4) is 0 Å². The van der Waals surface area contributed by atoms with Crippen LogP contribution in [0.4, 0.5) is 16.3 Å². The van der Waals surface area contributed by atoms with E-state index in [2.05, 4.69) is 20.5 Å². The molecule has 4 rings (SSSR count). The monoisotopic (exact) mass is 435 g/mol. The van der Waals surface area contributed by atoms with Gasteiger partial charge in [0.05, 0.1) is 5.56 Å². The predicted molar refractivity (Wildman–Crippen MR) is 127 cm³/mol. The Labute approximate surface area is 190 Å². The highest BCUT2D eigenvalue weighted by molar-refractivity contribution is 5.99. The molecule has 7 nitrogen and oxygen atoms in total. The van der Waals surface area contributed by atoms with Crippen molar-refractivity contribution in [2.45, 2.75) is 39.0 Å². The number of hydrogen-bond acceptors (Lipinski definition) is 4. The number of urea groups is 1. The lowest BCUT2D eigenvalue weighted by atomic mass is 9.97. The van der Waals surface area contributed by atoms with Crippen molar-refractivity contribution in [2.75, 3.05) is 42.9 Å². The number of aryl methyl sites for hydroxylation is 1. The van der Waals surface area contributed by atoms with Crippen LogP contribution in [0.15, 0.2) is 42.6 Å². The second-order valence-electron chi connectivity index (χ2n) is 8.88. The summed E-state index contributed by atoms with van der Waals surface area (Å²) in [6, 6.07) is 11.3. The van der Waals surface area contributed by atoms with Gasteiger partial charge in [-0.25, -0.2) is 9.78 Å². The second-order valence-corrected chi connectivity index (χ2v) is 8.88. The minimum absolute atomic E-state index is 0.0486. The predicted octanol–water partition coefficient (Wildman–Crippen LogP) is 4.05. The third-order valence-corrected chi connectivity index (χ3v) is 6.34. The number of nitrogens with zero attached hydrogens (tertiary/aromatic N) is 3. The van der Waals surface area contributed by atoms with Crippen LogP contribution >= 0.6 is 0 Å². The molecule has 1 aromatic heterocycles. The number of likely N-dealkylation sites (tertiary alicyclic amines) is 1. The van der Waals surface area contributed by atoms with E-state index < -0.39 is 0 Å². The van der Waals surface area contributed by atoms with E-state index in [-0.39, 0.29) is 17.9 Å². The number of nitrogens with one attached hydrogen (secondary N) is 2. The lowest BCUT2D eigenvalue weighted by Gasteiger charge is -2.34. The second kappa shape index (κ2) is 10.5. The Kier molecular flexibility index (Phi) is 7.24. The Balaban J connectivity index is 1.33. The number of benzene rings is 1. The smallest absolute Gasteiger partial charge is 0.319 e. The minimum Gasteiger partial charge on any atom is -0.356 e. The summed E-state index contributed by atoms with van der Waals surface area (Å²) < 4.78 is 0. The lowest BCUT2D eigenvalue weighted by molar-refractivity contribution is 0.0675. The van der Waals surface area contributed by atoms with E-state index in [1.54, 1.807) is 6.20 Å². The molecule has 2 fully saturated rings. The summed E-state index contributed by atoms with van der Waals surface area (Å²) in [4.78, 5) is 34.4. The number of pyridine rings is 1. The number of anilines is 2. The zero-order valence-corrected chi connectivity index (χ0v) is 18.8. The number of amides is 3. The molecule has 3 amide bonds. The van der Waals surface area contributed by atoms with Crippen LogP contribution in [0.2, 0.25) is 0 Å². The first-order chi connectivity index (χ1) is 15.6. The fourth-order valence-electron chi connectivity index (χ4n) is 4.56. The number of rotatable bonds is 5. The van der Waals surface area contributed by atoms with E-state index in [1.165, 1.54) is 6.42 Å². The van der Waals surface area contributed by atoms with Gasteiger partial charge in [0.25, 0.3) is 5.91 Å². The van der Waals surface area contributed by atoms with Gasteiger partial charge in [0.1, 0.15) is 5.82 Å². The van der Waals surface area contributed by atoms with Gasteiger partial charge in [-0.1, -0.05) is 17.7 Å². The molecule has 2 saturated heterocycles. The molecular weight excluding hydrogens is 402 g/mol. The van der Waals surface area contributed by atoms with Gasteiger partial charge in [-0.2, -0.15) is 0 Å². The van der Waals surface area contributed by atoms with Crippen LogP contribution in [0.3, 0.4) is 0 Å². The van der Waals surface area contributed by atoms with Crippen LogP contribution in [-0.4, -0.2) is 54.5 Å². The van der Waals surface area contributed by atoms with E-state index in [4.69, 9.17) is 0 Å². The zero-order chi connectivity index (χ0) is 22.3. The maximum absolute atomic E-state index is 13.4. The quantitative estimate of drug-likeness (QED) is 0.743. The van der Waals surface area contributed by atoms with Gasteiger partial charge < -0.3 is 20.4 Å². The molecule has 0 spiro atoms. The Morgan fingerprint density at radius 3 is 2.59 bits per heavy atom. The van der Waals surface area contributed by atoms with Crippen molar-refractivity contribution in [1.29, 1.82) is 0 Å². The number of hydrogen-bond donors (Lipinski definition) is 2. The van der Waals surface area contributed by atoms with Gasteiger partial charge >= 0.3 is 6.03 Å². The van der Waals surface area contributed by atoms with E-state index in [0.717, 1.165) is 62.4 Å². The molecule has 0 bridgehead atoms. The van der Waals surface area contributed by atoms with Gasteiger partial charge in [0.2, 0.25) is 0 Å². The van der Waals surface area contributed by atoms with E-state index >= 15 is 0 Å². The van der Waals surface area contributed by atoms with Crippen LogP contribution < -0.4 is 15.5 Å². The van der Waals surface area contributed by atoms with Crippen LogP contribution in [0.25, 0.3) is 0 Å². The molecule has 0 aliphatic carbocycles. The standard InChI is InChI=1S/C25H33N5O2/c1-19-9-11-21(12-10-19)28-25(32)27-17-20-7-6-16-30(18-20)24(31)22-8-5-13-26-23(22)29-14-3-2-4-15-29/h5,8-13,20H,2-4,6-7,14-18H2,1H3,(H2,27,28,32). The number of piperidine rings is 2. The summed E-state index contributed by atoms with van der Waals surface area (Å²) in [6.07, 6.45) is 7.25. The van der Waals surface area contributed by atoms with Gasteiger partial charge in [-0.05, 0) is 69.2 Å². The van der Waals surface area contributed by atoms with Crippen LogP contribution in [0.5, 0.6) is 0 Å². The Morgan fingerprint density at radius 2 is 1.81 bits per heavy atom. The molecule has 2 N–H and O–H groups in total. The minimum atomic E-state index is -0.211. The maximum atomic E-state index is 13.4. The molecule has 2 aromatic rings. The molecule has 1 atom stereocenters. The molecule has 32 heavy (non-hydrogen) atoms. The van der Waals surface area contributed by atoms with Gasteiger partial charge in [-0.15, -0.1) is 0 Å². The first-order valence-electron chi connectivity index (χ1n) is 11.7. The molecule has 1 aromatic carbocycles. The van der Waals surface area contributed by atoms with Crippen molar-refractivity contribution < 1.29 is 9.59 Å². The first-order valence-corrected chi connectivity index (χ1v) is 11.7. The maximum Gasteiger partial charge on any atom is 0.319 e. The summed E-state index contributed by atoms with van der Waals surface area (Å²) in [5.41, 5.74) is 2.62. The highest BCUT2D eigenvalue weighted by Crippen LogP contribution is 2.25. The summed E-state index contributed by atoms with van der Waals surface area (Å²) >= 11 is 0. The molecule has 1 unspecified atom stereocenters. The largest absolute Gasteiger partial charge is 0.356 e.